The highest BCUT2D eigenvalue weighted by molar-refractivity contribution is 5.55. The zero-order valence-corrected chi connectivity index (χ0v) is 25.9. The Balaban J connectivity index is 1.52. The van der Waals surface area contributed by atoms with Gasteiger partial charge in [-0.05, 0) is 56.5 Å². The van der Waals surface area contributed by atoms with Crippen LogP contribution in [0, 0.1) is 0 Å². The van der Waals surface area contributed by atoms with Crippen LogP contribution in [0.4, 0.5) is 0 Å². The summed E-state index contributed by atoms with van der Waals surface area (Å²) in [4.78, 5) is 0. The third-order valence-corrected chi connectivity index (χ3v) is 8.28. The minimum Gasteiger partial charge on any atom is -0.507 e. The van der Waals surface area contributed by atoms with Crippen molar-refractivity contribution in [3.63, 3.8) is 0 Å². The molecule has 6 rings (SSSR count). The molecule has 0 fully saturated rings. The molecule has 0 aromatic heterocycles. The molecule has 0 heterocycles. The molecule has 1 aliphatic rings. The number of phenolic OH excluding ortho intramolecular Hbond substituents is 1. The first-order valence-electron chi connectivity index (χ1n) is 15.8. The standard InChI is InChI=1S/C41H40O4/c1-3-22-43-39-32-16-9-18-34(39)26-35-19-11-20-36(40(35)44-23-4-2)27-37-21-10-17-33(25-31-15-8-14-30(24-32)38(31)42)41(37)45-28-29-12-6-5-7-13-29/h4-21,42H,2-3,22-28H2,1H3. The molecule has 0 saturated carbocycles. The van der Waals surface area contributed by atoms with Crippen LogP contribution in [0.15, 0.2) is 116 Å². The topological polar surface area (TPSA) is 47.9 Å². The summed E-state index contributed by atoms with van der Waals surface area (Å²) < 4.78 is 19.5. The molecule has 4 nitrogen and oxygen atoms in total. The van der Waals surface area contributed by atoms with Gasteiger partial charge >= 0.3 is 0 Å². The predicted molar refractivity (Wildman–Crippen MR) is 181 cm³/mol. The van der Waals surface area contributed by atoms with Gasteiger partial charge in [0, 0.05) is 25.7 Å². The summed E-state index contributed by atoms with van der Waals surface area (Å²) >= 11 is 0. The van der Waals surface area contributed by atoms with Gasteiger partial charge < -0.3 is 19.3 Å². The van der Waals surface area contributed by atoms with Gasteiger partial charge in [0.2, 0.25) is 0 Å². The molecule has 1 aliphatic carbocycles. The zero-order chi connectivity index (χ0) is 31.0. The Labute approximate surface area is 266 Å². The van der Waals surface area contributed by atoms with Gasteiger partial charge in [-0.2, -0.15) is 0 Å². The normalized spacial score (nSPS) is 12.3. The third-order valence-electron chi connectivity index (χ3n) is 8.28. The van der Waals surface area contributed by atoms with Crippen molar-refractivity contribution in [1.82, 2.24) is 0 Å². The Kier molecular flexibility index (Phi) is 9.50. The maximum absolute atomic E-state index is 11.6. The molecule has 228 valence electrons. The van der Waals surface area contributed by atoms with Crippen molar-refractivity contribution in [2.75, 3.05) is 13.2 Å². The first-order valence-corrected chi connectivity index (χ1v) is 15.8. The highest BCUT2D eigenvalue weighted by Gasteiger charge is 2.21. The van der Waals surface area contributed by atoms with Gasteiger partial charge in [-0.1, -0.05) is 123 Å². The molecule has 0 radical (unpaired) electrons. The van der Waals surface area contributed by atoms with Crippen molar-refractivity contribution in [3.8, 4) is 23.0 Å². The van der Waals surface area contributed by atoms with Crippen LogP contribution in [0.2, 0.25) is 0 Å². The minimum absolute atomic E-state index is 0.321. The predicted octanol–water partition coefficient (Wildman–Crippen LogP) is 9.00. The van der Waals surface area contributed by atoms with Crippen LogP contribution in [0.3, 0.4) is 0 Å². The molecule has 0 saturated heterocycles. The van der Waals surface area contributed by atoms with Crippen molar-refractivity contribution in [1.29, 1.82) is 0 Å². The summed E-state index contributed by atoms with van der Waals surface area (Å²) in [5.41, 5.74) is 9.26. The van der Waals surface area contributed by atoms with Crippen LogP contribution in [-0.4, -0.2) is 18.3 Å². The van der Waals surface area contributed by atoms with E-state index in [2.05, 4.69) is 80.2 Å². The number of rotatable bonds is 9. The SMILES string of the molecule is C=CCOc1c2cccc1Cc1cccc(c1OCc1ccccc1)Cc1cccc(c1O)Cc1cccc(c1OCCC)C2. The van der Waals surface area contributed by atoms with Crippen molar-refractivity contribution in [2.24, 2.45) is 0 Å². The van der Waals surface area contributed by atoms with Gasteiger partial charge in [-0.25, -0.2) is 0 Å². The van der Waals surface area contributed by atoms with E-state index in [4.69, 9.17) is 14.2 Å². The van der Waals surface area contributed by atoms with Gasteiger partial charge in [0.05, 0.1) is 6.61 Å². The quantitative estimate of drug-likeness (QED) is 0.169. The number of hydrogen-bond donors (Lipinski definition) is 1. The summed E-state index contributed by atoms with van der Waals surface area (Å²) in [5.74, 6) is 2.93. The number of phenols is 1. The first-order chi connectivity index (χ1) is 22.1. The van der Waals surface area contributed by atoms with Crippen LogP contribution in [0.1, 0.15) is 63.4 Å². The summed E-state index contributed by atoms with van der Waals surface area (Å²) in [6.45, 7) is 7.51. The lowest BCUT2D eigenvalue weighted by atomic mass is 9.91. The molecular weight excluding hydrogens is 556 g/mol. The monoisotopic (exact) mass is 596 g/mol. The molecule has 4 heteroatoms. The number of aromatic hydroxyl groups is 1. The summed E-state index contributed by atoms with van der Waals surface area (Å²) in [5, 5.41) is 11.6. The van der Waals surface area contributed by atoms with E-state index >= 15 is 0 Å². The molecular formula is C41H40O4. The van der Waals surface area contributed by atoms with Gasteiger partial charge in [-0.3, -0.25) is 0 Å². The first kappa shape index (κ1) is 30.1. The lowest BCUT2D eigenvalue weighted by Gasteiger charge is -2.21. The Hall–Kier alpha value is -4.96. The van der Waals surface area contributed by atoms with E-state index < -0.39 is 0 Å². The van der Waals surface area contributed by atoms with E-state index in [0.717, 1.165) is 73.7 Å². The Bertz CT molecular complexity index is 1770. The number of fused-ring (bicyclic) bond motifs is 8. The van der Waals surface area contributed by atoms with E-state index in [-0.39, 0.29) is 0 Å². The smallest absolute Gasteiger partial charge is 0.126 e. The fraction of sp³-hybridized carbons (Fsp3) is 0.220. The summed E-state index contributed by atoms with van der Waals surface area (Å²) in [6, 6.07) is 35.3. The average Bonchev–Trinajstić information content (AvgIpc) is 3.06. The highest BCUT2D eigenvalue weighted by Crippen LogP contribution is 2.38. The number of ether oxygens (including phenoxy) is 3. The molecule has 1 N–H and O–H groups in total. The second-order valence-corrected chi connectivity index (χ2v) is 11.6. The Morgan fingerprint density at radius 1 is 0.556 bits per heavy atom. The van der Waals surface area contributed by atoms with Crippen LogP contribution < -0.4 is 14.2 Å². The maximum Gasteiger partial charge on any atom is 0.126 e. The summed E-state index contributed by atoms with van der Waals surface area (Å²) in [7, 11) is 0. The molecule has 8 bridgehead atoms. The lowest BCUT2D eigenvalue weighted by Crippen LogP contribution is -2.08. The molecule has 0 aliphatic heterocycles. The molecule has 0 atom stereocenters. The molecule has 0 unspecified atom stereocenters. The van der Waals surface area contributed by atoms with Crippen LogP contribution in [-0.2, 0) is 32.3 Å². The van der Waals surface area contributed by atoms with Gasteiger partial charge in [0.25, 0.3) is 0 Å². The lowest BCUT2D eigenvalue weighted by molar-refractivity contribution is 0.300. The molecule has 5 aromatic rings. The van der Waals surface area contributed by atoms with E-state index in [1.54, 1.807) is 6.08 Å². The molecule has 0 spiro atoms. The highest BCUT2D eigenvalue weighted by atomic mass is 16.5. The average molecular weight is 597 g/mol. The van der Waals surface area contributed by atoms with Gasteiger partial charge in [0.1, 0.15) is 36.2 Å². The molecule has 45 heavy (non-hydrogen) atoms. The van der Waals surface area contributed by atoms with Crippen molar-refractivity contribution in [3.05, 3.63) is 166 Å². The fourth-order valence-electron chi connectivity index (χ4n) is 6.13. The maximum atomic E-state index is 11.6. The van der Waals surface area contributed by atoms with Crippen LogP contribution >= 0.6 is 0 Å². The van der Waals surface area contributed by atoms with Crippen LogP contribution in [0.25, 0.3) is 0 Å². The number of benzene rings is 5. The van der Waals surface area contributed by atoms with E-state index in [9.17, 15) is 5.11 Å². The van der Waals surface area contributed by atoms with Crippen molar-refractivity contribution >= 4 is 0 Å². The second kappa shape index (κ2) is 14.2. The molecule has 5 aromatic carbocycles. The molecule has 0 amide bonds. The largest absolute Gasteiger partial charge is 0.507 e. The third kappa shape index (κ3) is 6.91. The van der Waals surface area contributed by atoms with E-state index in [1.807, 2.05) is 36.4 Å². The van der Waals surface area contributed by atoms with Crippen LogP contribution in [0.5, 0.6) is 23.0 Å². The van der Waals surface area contributed by atoms with Gasteiger partial charge in [0.15, 0.2) is 0 Å². The van der Waals surface area contributed by atoms with Crippen molar-refractivity contribution < 1.29 is 19.3 Å². The van der Waals surface area contributed by atoms with Gasteiger partial charge in [-0.15, -0.1) is 0 Å². The van der Waals surface area contributed by atoms with Crippen molar-refractivity contribution in [2.45, 2.75) is 45.6 Å². The number of para-hydroxylation sites is 4. The fourth-order valence-corrected chi connectivity index (χ4v) is 6.13. The number of hydrogen-bond acceptors (Lipinski definition) is 4. The van der Waals surface area contributed by atoms with E-state index in [0.29, 0.717) is 51.3 Å². The van der Waals surface area contributed by atoms with E-state index in [1.165, 1.54) is 0 Å². The summed E-state index contributed by atoms with van der Waals surface area (Å²) in [6.07, 6.45) is 5.07. The Morgan fingerprint density at radius 2 is 0.978 bits per heavy atom. The minimum atomic E-state index is 0.321. The Morgan fingerprint density at radius 3 is 1.44 bits per heavy atom. The zero-order valence-electron chi connectivity index (χ0n) is 25.9. The second-order valence-electron chi connectivity index (χ2n) is 11.6.